The van der Waals surface area contributed by atoms with Crippen molar-refractivity contribution in [2.45, 2.75) is 13.8 Å². The van der Waals surface area contributed by atoms with Gasteiger partial charge in [0.25, 0.3) is 0 Å². The van der Waals surface area contributed by atoms with Gasteiger partial charge >= 0.3 is 15.6 Å². The molecule has 0 fully saturated rings. The first-order chi connectivity index (χ1) is 6.12. The Bertz CT molecular complexity index is 305. The van der Waals surface area contributed by atoms with Gasteiger partial charge in [0.05, 0.1) is 6.61 Å². The van der Waals surface area contributed by atoms with Crippen molar-refractivity contribution < 1.29 is 32.6 Å². The molecule has 0 aliphatic heterocycles. The third-order valence-corrected chi connectivity index (χ3v) is 3.09. The lowest BCUT2D eigenvalue weighted by atomic mass is 10.3. The van der Waals surface area contributed by atoms with Gasteiger partial charge in [-0.1, -0.05) is 11.6 Å². The van der Waals surface area contributed by atoms with Crippen LogP contribution in [0.1, 0.15) is 13.8 Å². The number of rotatable bonds is 5. The van der Waals surface area contributed by atoms with Gasteiger partial charge in [0.15, 0.2) is 0 Å². The van der Waals surface area contributed by atoms with Crippen molar-refractivity contribution in [1.82, 2.24) is 6.15 Å². The maximum absolute atomic E-state index is 10.8. The standard InChI is InChI=1S/C5H12O7P2.H3N/c1-5(2)3-4-11-14(9,10)12-13(6,7)8;/h3H,4H2,1-2H3,(H,9,10)(H2,6,7,8);1H3. The van der Waals surface area contributed by atoms with E-state index >= 15 is 0 Å². The molecule has 1 unspecified atom stereocenters. The van der Waals surface area contributed by atoms with Gasteiger partial charge in [-0.2, -0.15) is 4.31 Å². The van der Waals surface area contributed by atoms with Crippen molar-refractivity contribution in [3.8, 4) is 0 Å². The van der Waals surface area contributed by atoms with E-state index in [9.17, 15) is 9.13 Å². The molecule has 0 spiro atoms. The van der Waals surface area contributed by atoms with Gasteiger partial charge in [-0.3, -0.25) is 4.52 Å². The smallest absolute Gasteiger partial charge is 0.344 e. The van der Waals surface area contributed by atoms with Gasteiger partial charge in [-0.15, -0.1) is 0 Å². The molecule has 0 aliphatic rings. The molecular formula is C5H15NO7P2. The van der Waals surface area contributed by atoms with Crippen LogP contribution in [0.3, 0.4) is 0 Å². The Hall–Kier alpha value is -0.0400. The summed E-state index contributed by atoms with van der Waals surface area (Å²) in [6, 6.07) is 0. The zero-order chi connectivity index (χ0) is 11.4. The van der Waals surface area contributed by atoms with Crippen LogP contribution in [0.15, 0.2) is 11.6 Å². The van der Waals surface area contributed by atoms with Crippen molar-refractivity contribution in [1.29, 1.82) is 0 Å². The van der Waals surface area contributed by atoms with E-state index in [1.807, 2.05) is 0 Å². The molecule has 0 rings (SSSR count). The molecule has 0 radical (unpaired) electrons. The number of allylic oxidation sites excluding steroid dienone is 1. The van der Waals surface area contributed by atoms with Gasteiger partial charge in [-0.25, -0.2) is 9.13 Å². The van der Waals surface area contributed by atoms with Gasteiger partial charge < -0.3 is 20.8 Å². The van der Waals surface area contributed by atoms with Crippen LogP contribution in [0.5, 0.6) is 0 Å². The summed E-state index contributed by atoms with van der Waals surface area (Å²) in [5.41, 5.74) is 0.834. The van der Waals surface area contributed by atoms with Crippen molar-refractivity contribution in [2.24, 2.45) is 0 Å². The molecule has 6 N–H and O–H groups in total. The zero-order valence-corrected chi connectivity index (χ0v) is 10.1. The van der Waals surface area contributed by atoms with Crippen LogP contribution in [0.2, 0.25) is 0 Å². The fourth-order valence-electron chi connectivity index (χ4n) is 0.456. The molecule has 0 aromatic carbocycles. The van der Waals surface area contributed by atoms with Crippen LogP contribution >= 0.6 is 15.6 Å². The summed E-state index contributed by atoms with van der Waals surface area (Å²) in [6.45, 7) is 3.21. The molecule has 1 atom stereocenters. The van der Waals surface area contributed by atoms with Gasteiger partial charge in [-0.05, 0) is 13.8 Å². The molecule has 0 heterocycles. The Labute approximate surface area is 87.4 Å². The van der Waals surface area contributed by atoms with E-state index in [-0.39, 0.29) is 12.8 Å². The van der Waals surface area contributed by atoms with Crippen molar-refractivity contribution in [2.75, 3.05) is 6.61 Å². The fourth-order valence-corrected chi connectivity index (χ4v) is 1.98. The number of hydrogen-bond donors (Lipinski definition) is 4. The zero-order valence-electron chi connectivity index (χ0n) is 8.36. The van der Waals surface area contributed by atoms with Crippen LogP contribution in [0.4, 0.5) is 0 Å². The van der Waals surface area contributed by atoms with Crippen LogP contribution in [-0.4, -0.2) is 21.3 Å². The first-order valence-electron chi connectivity index (χ1n) is 3.50. The van der Waals surface area contributed by atoms with Crippen molar-refractivity contribution in [3.05, 3.63) is 11.6 Å². The minimum absolute atomic E-state index is 0. The average Bonchev–Trinajstić information content (AvgIpc) is 1.78. The third-order valence-electron chi connectivity index (χ3n) is 0.939. The molecule has 0 bridgehead atoms. The maximum atomic E-state index is 10.8. The fraction of sp³-hybridized carbons (Fsp3) is 0.600. The molecule has 8 nitrogen and oxygen atoms in total. The second-order valence-corrected chi connectivity index (χ2v) is 5.45. The Morgan fingerprint density at radius 2 is 1.73 bits per heavy atom. The normalized spacial score (nSPS) is 15.0. The lowest BCUT2D eigenvalue weighted by Gasteiger charge is -2.10. The maximum Gasteiger partial charge on any atom is 0.481 e. The van der Waals surface area contributed by atoms with Gasteiger partial charge in [0.1, 0.15) is 0 Å². The Morgan fingerprint density at radius 3 is 2.07 bits per heavy atom. The quantitative estimate of drug-likeness (QED) is 0.428. The van der Waals surface area contributed by atoms with E-state index < -0.39 is 15.6 Å². The molecular weight excluding hydrogens is 248 g/mol. The van der Waals surface area contributed by atoms with Crippen LogP contribution in [0, 0.1) is 0 Å². The molecule has 0 aliphatic carbocycles. The van der Waals surface area contributed by atoms with E-state index in [2.05, 4.69) is 8.83 Å². The summed E-state index contributed by atoms with van der Waals surface area (Å²) >= 11 is 0. The SMILES string of the molecule is CC(C)=CCOP(=O)(O)OP(=O)(O)O.N. The van der Waals surface area contributed by atoms with E-state index in [1.54, 1.807) is 13.8 Å². The van der Waals surface area contributed by atoms with E-state index in [1.165, 1.54) is 6.08 Å². The van der Waals surface area contributed by atoms with Crippen LogP contribution < -0.4 is 6.15 Å². The van der Waals surface area contributed by atoms with Gasteiger partial charge in [0, 0.05) is 0 Å². The predicted molar refractivity (Wildman–Crippen MR) is 53.4 cm³/mol. The van der Waals surface area contributed by atoms with Crippen molar-refractivity contribution in [3.63, 3.8) is 0 Å². The summed E-state index contributed by atoms with van der Waals surface area (Å²) in [7, 11) is -9.69. The van der Waals surface area contributed by atoms with Crippen LogP contribution in [0.25, 0.3) is 0 Å². The number of hydrogen-bond acceptors (Lipinski definition) is 5. The predicted octanol–water partition coefficient (Wildman–Crippen LogP) is 1.34. The highest BCUT2D eigenvalue weighted by Gasteiger charge is 2.31. The number of phosphoric ester groups is 1. The highest BCUT2D eigenvalue weighted by Crippen LogP contribution is 2.57. The lowest BCUT2D eigenvalue weighted by Crippen LogP contribution is -1.94. The highest BCUT2D eigenvalue weighted by molar-refractivity contribution is 7.60. The summed E-state index contributed by atoms with van der Waals surface area (Å²) in [5.74, 6) is 0. The first-order valence-corrected chi connectivity index (χ1v) is 6.52. The molecule has 10 heteroatoms. The second kappa shape index (κ2) is 6.52. The molecule has 0 aromatic rings. The largest absolute Gasteiger partial charge is 0.481 e. The summed E-state index contributed by atoms with van der Waals surface area (Å²) in [5, 5.41) is 0. The average molecular weight is 263 g/mol. The monoisotopic (exact) mass is 263 g/mol. The third kappa shape index (κ3) is 11.9. The molecule has 0 amide bonds. The molecule has 92 valence electrons. The van der Waals surface area contributed by atoms with E-state index in [0.717, 1.165) is 5.57 Å². The Balaban J connectivity index is 0. The van der Waals surface area contributed by atoms with E-state index in [4.69, 9.17) is 14.7 Å². The Kier molecular flexibility index (Phi) is 7.55. The second-order valence-electron chi connectivity index (χ2n) is 2.62. The van der Waals surface area contributed by atoms with Crippen molar-refractivity contribution >= 4 is 15.6 Å². The lowest BCUT2D eigenvalue weighted by molar-refractivity contribution is 0.191. The topological polar surface area (TPSA) is 148 Å². The molecule has 0 aromatic heterocycles. The first kappa shape index (κ1) is 17.4. The number of phosphoric acid groups is 2. The summed E-state index contributed by atoms with van der Waals surface area (Å²) in [6.07, 6.45) is 1.46. The highest BCUT2D eigenvalue weighted by atomic mass is 31.3. The summed E-state index contributed by atoms with van der Waals surface area (Å²) < 4.78 is 28.8. The minimum Gasteiger partial charge on any atom is -0.344 e. The molecule has 15 heavy (non-hydrogen) atoms. The van der Waals surface area contributed by atoms with Gasteiger partial charge in [0.2, 0.25) is 0 Å². The summed E-state index contributed by atoms with van der Waals surface area (Å²) in [4.78, 5) is 25.2. The minimum atomic E-state index is -5.01. The molecule has 0 saturated heterocycles. The van der Waals surface area contributed by atoms with Crippen LogP contribution in [-0.2, 0) is 18.0 Å². The van der Waals surface area contributed by atoms with E-state index in [0.29, 0.717) is 0 Å². The Morgan fingerprint density at radius 1 is 1.27 bits per heavy atom. The molecule has 0 saturated carbocycles.